The number of allylic oxidation sites excluding steroid dienone is 4. The van der Waals surface area contributed by atoms with Gasteiger partial charge in [0.2, 0.25) is 0 Å². The van der Waals surface area contributed by atoms with Gasteiger partial charge in [-0.3, -0.25) is 9.59 Å². The summed E-state index contributed by atoms with van der Waals surface area (Å²) in [7, 11) is 0. The Hall–Kier alpha value is -1.30. The first-order valence-corrected chi connectivity index (χ1v) is 9.19. The van der Waals surface area contributed by atoms with Crippen LogP contribution in [0.3, 0.4) is 0 Å². The molecular weight excluding hydrogens is 320 g/mol. The Morgan fingerprint density at radius 2 is 2.16 bits per heavy atom. The minimum Gasteiger partial charge on any atom is -0.393 e. The quantitative estimate of drug-likeness (QED) is 0.790. The normalized spacial score (nSPS) is 48.4. The molecule has 1 saturated heterocycles. The SMILES string of the molecule is C[C@]12C=CC(=O)C=C1CCC1C2[C@@H](O)C[C@@]2(C)C1CO[C@@H]2C(=O)CO. The van der Waals surface area contributed by atoms with Crippen LogP contribution in [0.1, 0.15) is 33.1 Å². The van der Waals surface area contributed by atoms with E-state index < -0.39 is 24.2 Å². The molecule has 4 rings (SSSR count). The number of hydrogen-bond donors (Lipinski definition) is 2. The summed E-state index contributed by atoms with van der Waals surface area (Å²) in [6, 6.07) is 0. The number of aliphatic hydroxyl groups excluding tert-OH is 2. The molecule has 25 heavy (non-hydrogen) atoms. The van der Waals surface area contributed by atoms with Crippen LogP contribution in [0.4, 0.5) is 0 Å². The van der Waals surface area contributed by atoms with Gasteiger partial charge in [0.25, 0.3) is 0 Å². The van der Waals surface area contributed by atoms with Crippen molar-refractivity contribution in [1.29, 1.82) is 0 Å². The molecule has 2 N–H and O–H groups in total. The molecule has 3 aliphatic carbocycles. The summed E-state index contributed by atoms with van der Waals surface area (Å²) >= 11 is 0. The van der Waals surface area contributed by atoms with E-state index in [0.29, 0.717) is 13.0 Å². The summed E-state index contributed by atoms with van der Waals surface area (Å²) in [5, 5.41) is 20.4. The molecule has 0 bridgehead atoms. The fraction of sp³-hybridized carbons (Fsp3) is 0.700. The van der Waals surface area contributed by atoms with E-state index in [1.807, 2.05) is 13.0 Å². The molecule has 7 atom stereocenters. The van der Waals surface area contributed by atoms with Gasteiger partial charge in [0, 0.05) is 16.7 Å². The third kappa shape index (κ3) is 2.25. The molecule has 0 aromatic carbocycles. The number of Topliss-reactive ketones (excluding diaryl/α,β-unsaturated/α-hetero) is 1. The number of rotatable bonds is 2. The van der Waals surface area contributed by atoms with Crippen molar-refractivity contribution < 1.29 is 24.5 Å². The molecule has 5 heteroatoms. The van der Waals surface area contributed by atoms with Crippen molar-refractivity contribution in [1.82, 2.24) is 0 Å². The third-order valence-electron chi connectivity index (χ3n) is 7.42. The Morgan fingerprint density at radius 1 is 1.40 bits per heavy atom. The van der Waals surface area contributed by atoms with Crippen LogP contribution in [-0.2, 0) is 14.3 Å². The number of carbonyl (C=O) groups excluding carboxylic acids is 2. The topological polar surface area (TPSA) is 83.8 Å². The van der Waals surface area contributed by atoms with Crippen LogP contribution >= 0.6 is 0 Å². The van der Waals surface area contributed by atoms with Crippen LogP contribution in [0.25, 0.3) is 0 Å². The minimum atomic E-state index is -0.633. The van der Waals surface area contributed by atoms with E-state index in [-0.39, 0.29) is 34.7 Å². The molecule has 0 aromatic rings. The zero-order valence-corrected chi connectivity index (χ0v) is 14.8. The number of aliphatic hydroxyl groups is 2. The van der Waals surface area contributed by atoms with Crippen LogP contribution in [0.5, 0.6) is 0 Å². The van der Waals surface area contributed by atoms with Crippen LogP contribution in [0.15, 0.2) is 23.8 Å². The van der Waals surface area contributed by atoms with Gasteiger partial charge in [0.05, 0.1) is 12.7 Å². The lowest BCUT2D eigenvalue weighted by Gasteiger charge is -2.57. The minimum absolute atomic E-state index is 0.0267. The first kappa shape index (κ1) is 17.1. The van der Waals surface area contributed by atoms with Gasteiger partial charge in [-0.05, 0) is 43.3 Å². The predicted octanol–water partition coefficient (Wildman–Crippen LogP) is 1.43. The Morgan fingerprint density at radius 3 is 2.88 bits per heavy atom. The monoisotopic (exact) mass is 346 g/mol. The predicted molar refractivity (Wildman–Crippen MR) is 90.6 cm³/mol. The summed E-state index contributed by atoms with van der Waals surface area (Å²) in [5.74, 6) is 0.192. The van der Waals surface area contributed by atoms with Crippen molar-refractivity contribution in [3.63, 3.8) is 0 Å². The number of fused-ring (bicyclic) bond motifs is 5. The van der Waals surface area contributed by atoms with Gasteiger partial charge < -0.3 is 14.9 Å². The third-order valence-corrected chi connectivity index (χ3v) is 7.42. The molecule has 136 valence electrons. The average Bonchev–Trinajstić information content (AvgIpc) is 2.91. The van der Waals surface area contributed by atoms with Crippen LogP contribution in [-0.4, -0.2) is 47.2 Å². The van der Waals surface area contributed by atoms with Gasteiger partial charge in [-0.1, -0.05) is 25.5 Å². The van der Waals surface area contributed by atoms with E-state index in [4.69, 9.17) is 4.74 Å². The molecule has 1 aliphatic heterocycles. The number of ketones is 2. The molecule has 3 fully saturated rings. The first-order chi connectivity index (χ1) is 11.8. The molecule has 2 saturated carbocycles. The largest absolute Gasteiger partial charge is 0.393 e. The highest BCUT2D eigenvalue weighted by atomic mass is 16.5. The number of ether oxygens (including phenoxy) is 1. The fourth-order valence-corrected chi connectivity index (χ4v) is 6.25. The van der Waals surface area contributed by atoms with Gasteiger partial charge in [0.1, 0.15) is 12.7 Å². The van der Waals surface area contributed by atoms with E-state index in [1.165, 1.54) is 0 Å². The van der Waals surface area contributed by atoms with Gasteiger partial charge >= 0.3 is 0 Å². The second-order valence-electron chi connectivity index (χ2n) is 8.64. The average molecular weight is 346 g/mol. The lowest BCUT2D eigenvalue weighted by atomic mass is 9.47. The Labute approximate surface area is 147 Å². The van der Waals surface area contributed by atoms with E-state index in [0.717, 1.165) is 18.4 Å². The molecular formula is C20H26O5. The zero-order chi connectivity index (χ0) is 18.0. The highest BCUT2D eigenvalue weighted by Gasteiger charge is 2.63. The van der Waals surface area contributed by atoms with E-state index in [2.05, 4.69) is 6.92 Å². The highest BCUT2D eigenvalue weighted by Crippen LogP contribution is 2.63. The van der Waals surface area contributed by atoms with E-state index in [9.17, 15) is 19.8 Å². The molecule has 5 nitrogen and oxygen atoms in total. The maximum Gasteiger partial charge on any atom is 0.187 e. The fourth-order valence-electron chi connectivity index (χ4n) is 6.25. The van der Waals surface area contributed by atoms with Crippen molar-refractivity contribution in [2.24, 2.45) is 28.6 Å². The highest BCUT2D eigenvalue weighted by molar-refractivity contribution is 6.01. The summed E-state index contributed by atoms with van der Waals surface area (Å²) in [6.07, 6.45) is 6.36. The summed E-state index contributed by atoms with van der Waals surface area (Å²) < 4.78 is 5.83. The molecule has 0 radical (unpaired) electrons. The zero-order valence-electron chi connectivity index (χ0n) is 14.8. The van der Waals surface area contributed by atoms with E-state index >= 15 is 0 Å². The van der Waals surface area contributed by atoms with Crippen molar-refractivity contribution in [3.05, 3.63) is 23.8 Å². The molecule has 0 spiro atoms. The molecule has 3 unspecified atom stereocenters. The summed E-state index contributed by atoms with van der Waals surface area (Å²) in [4.78, 5) is 23.9. The lowest BCUT2D eigenvalue weighted by molar-refractivity contribution is -0.142. The van der Waals surface area contributed by atoms with Gasteiger partial charge in [-0.2, -0.15) is 0 Å². The van der Waals surface area contributed by atoms with Crippen molar-refractivity contribution in [2.45, 2.75) is 45.3 Å². The van der Waals surface area contributed by atoms with Gasteiger partial charge in [-0.15, -0.1) is 0 Å². The number of hydrogen-bond acceptors (Lipinski definition) is 5. The lowest BCUT2D eigenvalue weighted by Crippen LogP contribution is -2.57. The smallest absolute Gasteiger partial charge is 0.187 e. The molecule has 1 heterocycles. The maximum atomic E-state index is 12.2. The second kappa shape index (κ2) is 5.60. The number of carbonyl (C=O) groups is 2. The van der Waals surface area contributed by atoms with Crippen molar-refractivity contribution in [2.75, 3.05) is 13.2 Å². The Kier molecular flexibility index (Phi) is 3.84. The maximum absolute atomic E-state index is 12.2. The molecule has 0 amide bonds. The van der Waals surface area contributed by atoms with Crippen LogP contribution in [0.2, 0.25) is 0 Å². The first-order valence-electron chi connectivity index (χ1n) is 9.19. The summed E-state index contributed by atoms with van der Waals surface area (Å²) in [5.41, 5.74) is 0.369. The van der Waals surface area contributed by atoms with Gasteiger partial charge in [-0.25, -0.2) is 0 Å². The molecule has 4 aliphatic rings. The second-order valence-corrected chi connectivity index (χ2v) is 8.64. The van der Waals surface area contributed by atoms with Crippen molar-refractivity contribution >= 4 is 11.6 Å². The Balaban J connectivity index is 1.71. The van der Waals surface area contributed by atoms with Crippen LogP contribution in [0, 0.1) is 28.6 Å². The summed E-state index contributed by atoms with van der Waals surface area (Å²) in [6.45, 7) is 4.12. The van der Waals surface area contributed by atoms with E-state index in [1.54, 1.807) is 12.2 Å². The molecule has 0 aromatic heterocycles. The standard InChI is InChI=1S/C20H26O5/c1-19-6-5-12(22)7-11(19)3-4-13-14-10-25-18(16(24)9-21)20(14,2)8-15(23)17(13)19/h5-7,13-15,17-18,21,23H,3-4,8-10H2,1-2H3/t13?,14?,15-,17?,18+,19-,20-/m0/s1. The van der Waals surface area contributed by atoms with Crippen molar-refractivity contribution in [3.8, 4) is 0 Å². The van der Waals surface area contributed by atoms with Gasteiger partial charge in [0.15, 0.2) is 11.6 Å². The Bertz CT molecular complexity index is 680. The van der Waals surface area contributed by atoms with Crippen LogP contribution < -0.4 is 0 Å².